The molecule has 0 bridgehead atoms. The molecule has 0 saturated heterocycles. The Morgan fingerprint density at radius 2 is 1.70 bits per heavy atom. The van der Waals surface area contributed by atoms with E-state index in [0.717, 1.165) is 6.42 Å². The van der Waals surface area contributed by atoms with Crippen molar-refractivity contribution in [1.82, 2.24) is 4.72 Å². The molecule has 0 radical (unpaired) electrons. The molecule has 0 unspecified atom stereocenters. The van der Waals surface area contributed by atoms with Gasteiger partial charge < -0.3 is 5.32 Å². The number of carbonyl (C=O) groups excluding carboxylic acids is 1. The number of rotatable bonds is 5. The van der Waals surface area contributed by atoms with Gasteiger partial charge in [0.05, 0.1) is 4.90 Å². The van der Waals surface area contributed by atoms with Crippen LogP contribution in [0.2, 0.25) is 0 Å². The van der Waals surface area contributed by atoms with Crippen molar-refractivity contribution in [2.75, 3.05) is 11.9 Å². The molecule has 0 atom stereocenters. The summed E-state index contributed by atoms with van der Waals surface area (Å²) in [6.45, 7) is 4.85. The highest BCUT2D eigenvalue weighted by Gasteiger charge is 2.18. The van der Waals surface area contributed by atoms with Crippen molar-refractivity contribution >= 4 is 27.5 Å². The Bertz CT molecular complexity index is 947. The Hall–Kier alpha value is -2.67. The number of aliphatic imine (C=N–C) groups is 1. The molecule has 2 aromatic rings. The molecule has 0 aliphatic carbocycles. The predicted octanol–water partition coefficient (Wildman–Crippen LogP) is 3.53. The van der Waals surface area contributed by atoms with E-state index in [1.807, 2.05) is 12.1 Å². The van der Waals surface area contributed by atoms with Gasteiger partial charge in [0, 0.05) is 24.2 Å². The van der Waals surface area contributed by atoms with Crippen molar-refractivity contribution < 1.29 is 13.2 Å². The lowest BCUT2D eigenvalue weighted by molar-refractivity contribution is 0.102. The van der Waals surface area contributed by atoms with E-state index in [0.29, 0.717) is 36.0 Å². The minimum atomic E-state index is -3.65. The molecule has 1 heterocycles. The molecule has 1 aliphatic rings. The van der Waals surface area contributed by atoms with Gasteiger partial charge in [-0.25, -0.2) is 8.42 Å². The Morgan fingerprint density at radius 1 is 1.04 bits per heavy atom. The molecule has 6 nitrogen and oxygen atoms in total. The molecule has 0 spiro atoms. The second-order valence-corrected chi connectivity index (χ2v) is 8.48. The van der Waals surface area contributed by atoms with E-state index < -0.39 is 10.0 Å². The summed E-state index contributed by atoms with van der Waals surface area (Å²) >= 11 is 0. The predicted molar refractivity (Wildman–Crippen MR) is 107 cm³/mol. The molecule has 0 fully saturated rings. The molecule has 7 heteroatoms. The molecule has 0 aromatic heterocycles. The zero-order valence-electron chi connectivity index (χ0n) is 15.4. The van der Waals surface area contributed by atoms with E-state index in [9.17, 15) is 13.2 Å². The fourth-order valence-electron chi connectivity index (χ4n) is 2.78. The first-order valence-corrected chi connectivity index (χ1v) is 10.4. The lowest BCUT2D eigenvalue weighted by Gasteiger charge is -2.10. The summed E-state index contributed by atoms with van der Waals surface area (Å²) in [5.41, 5.74) is 2.25. The van der Waals surface area contributed by atoms with E-state index in [2.05, 4.69) is 28.9 Å². The lowest BCUT2D eigenvalue weighted by Crippen LogP contribution is -2.29. The van der Waals surface area contributed by atoms with Crippen LogP contribution in [0.5, 0.6) is 0 Å². The average Bonchev–Trinajstić information content (AvgIpc) is 3.14. The van der Waals surface area contributed by atoms with Crippen LogP contribution >= 0.6 is 0 Å². The standard InChI is InChI=1S/C20H23N3O3S/c1-14(2)15-5-7-16(8-6-15)20(24)22-17-9-11-18(12-10-17)27(25,26)23-19-4-3-13-21-19/h5-12,14H,3-4,13H2,1-2H3,(H,21,23)(H,22,24). The van der Waals surface area contributed by atoms with Gasteiger partial charge in [0.2, 0.25) is 0 Å². The maximum Gasteiger partial charge on any atom is 0.262 e. The largest absolute Gasteiger partial charge is 0.322 e. The van der Waals surface area contributed by atoms with Gasteiger partial charge in [-0.05, 0) is 54.3 Å². The number of nitrogens with one attached hydrogen (secondary N) is 2. The zero-order chi connectivity index (χ0) is 19.4. The smallest absolute Gasteiger partial charge is 0.262 e. The number of hydrogen-bond donors (Lipinski definition) is 2. The Labute approximate surface area is 159 Å². The van der Waals surface area contributed by atoms with Gasteiger partial charge in [-0.3, -0.25) is 14.5 Å². The van der Waals surface area contributed by atoms with Crippen LogP contribution in [0.4, 0.5) is 5.69 Å². The molecule has 1 aliphatic heterocycles. The quantitative estimate of drug-likeness (QED) is 0.825. The van der Waals surface area contributed by atoms with E-state index in [1.165, 1.54) is 17.7 Å². The third-order valence-corrected chi connectivity index (χ3v) is 5.79. The first-order chi connectivity index (χ1) is 12.8. The molecule has 1 amide bonds. The maximum atomic E-state index is 12.4. The lowest BCUT2D eigenvalue weighted by atomic mass is 10.0. The summed E-state index contributed by atoms with van der Waals surface area (Å²) < 4.78 is 27.2. The van der Waals surface area contributed by atoms with E-state index >= 15 is 0 Å². The molecular formula is C20H23N3O3S. The normalized spacial score (nSPS) is 14.1. The van der Waals surface area contributed by atoms with Crippen LogP contribution in [0, 0.1) is 0 Å². The van der Waals surface area contributed by atoms with Crippen molar-refractivity contribution in [3.63, 3.8) is 0 Å². The highest BCUT2D eigenvalue weighted by molar-refractivity contribution is 7.90. The van der Waals surface area contributed by atoms with Crippen LogP contribution in [0.25, 0.3) is 0 Å². The summed E-state index contributed by atoms with van der Waals surface area (Å²) in [6, 6.07) is 13.5. The van der Waals surface area contributed by atoms with Crippen molar-refractivity contribution in [3.8, 4) is 0 Å². The van der Waals surface area contributed by atoms with E-state index in [1.54, 1.807) is 24.3 Å². The SMILES string of the molecule is CC(C)c1ccc(C(=O)Nc2ccc(S(=O)(=O)NC3=NCCC3)cc2)cc1. The minimum absolute atomic E-state index is 0.136. The Balaban J connectivity index is 1.67. The van der Waals surface area contributed by atoms with Crippen molar-refractivity contribution in [1.29, 1.82) is 0 Å². The molecule has 27 heavy (non-hydrogen) atoms. The van der Waals surface area contributed by atoms with E-state index in [4.69, 9.17) is 0 Å². The summed E-state index contributed by atoms with van der Waals surface area (Å²) in [4.78, 5) is 16.6. The van der Waals surface area contributed by atoms with Gasteiger partial charge >= 0.3 is 0 Å². The second-order valence-electron chi connectivity index (χ2n) is 6.79. The van der Waals surface area contributed by atoms with Crippen molar-refractivity contribution in [3.05, 3.63) is 59.7 Å². The fraction of sp³-hybridized carbons (Fsp3) is 0.300. The molecular weight excluding hydrogens is 362 g/mol. The summed E-state index contributed by atoms with van der Waals surface area (Å²) in [6.07, 6.45) is 1.50. The topological polar surface area (TPSA) is 87.6 Å². The highest BCUT2D eigenvalue weighted by Crippen LogP contribution is 2.18. The molecule has 0 saturated carbocycles. The van der Waals surface area contributed by atoms with Gasteiger partial charge in [-0.2, -0.15) is 0 Å². The molecule has 2 N–H and O–H groups in total. The third kappa shape index (κ3) is 4.74. The second kappa shape index (κ2) is 7.92. The van der Waals surface area contributed by atoms with Gasteiger partial charge in [-0.15, -0.1) is 0 Å². The molecule has 2 aromatic carbocycles. The van der Waals surface area contributed by atoms with Crippen LogP contribution in [-0.2, 0) is 10.0 Å². The number of benzene rings is 2. The number of sulfonamides is 1. The Morgan fingerprint density at radius 3 is 2.26 bits per heavy atom. The first-order valence-electron chi connectivity index (χ1n) is 8.93. The fourth-order valence-corrected chi connectivity index (χ4v) is 3.87. The number of amidine groups is 1. The van der Waals surface area contributed by atoms with Crippen LogP contribution < -0.4 is 10.0 Å². The number of nitrogens with zero attached hydrogens (tertiary/aromatic N) is 1. The minimum Gasteiger partial charge on any atom is -0.322 e. The summed E-state index contributed by atoms with van der Waals surface area (Å²) in [7, 11) is -3.65. The van der Waals surface area contributed by atoms with Crippen LogP contribution in [-0.4, -0.2) is 26.7 Å². The zero-order valence-corrected chi connectivity index (χ0v) is 16.2. The average molecular weight is 385 g/mol. The summed E-state index contributed by atoms with van der Waals surface area (Å²) in [5.74, 6) is 0.664. The molecule has 142 valence electrons. The van der Waals surface area contributed by atoms with Crippen LogP contribution in [0.1, 0.15) is 48.5 Å². The maximum absolute atomic E-state index is 12.4. The number of anilines is 1. The Kier molecular flexibility index (Phi) is 5.60. The van der Waals surface area contributed by atoms with Crippen LogP contribution in [0.3, 0.4) is 0 Å². The third-order valence-electron chi connectivity index (χ3n) is 4.39. The van der Waals surface area contributed by atoms with Gasteiger partial charge in [0.25, 0.3) is 15.9 Å². The number of carbonyl (C=O) groups is 1. The highest BCUT2D eigenvalue weighted by atomic mass is 32.2. The summed E-state index contributed by atoms with van der Waals surface area (Å²) in [5, 5.41) is 2.78. The van der Waals surface area contributed by atoms with E-state index in [-0.39, 0.29) is 10.8 Å². The number of hydrogen-bond acceptors (Lipinski definition) is 4. The van der Waals surface area contributed by atoms with Gasteiger partial charge in [0.15, 0.2) is 0 Å². The van der Waals surface area contributed by atoms with Crippen LogP contribution in [0.15, 0.2) is 58.4 Å². The number of amides is 1. The molecule has 3 rings (SSSR count). The van der Waals surface area contributed by atoms with Crippen molar-refractivity contribution in [2.45, 2.75) is 37.5 Å². The van der Waals surface area contributed by atoms with Gasteiger partial charge in [-0.1, -0.05) is 26.0 Å². The first kappa shape index (κ1) is 19.1. The monoisotopic (exact) mass is 385 g/mol. The van der Waals surface area contributed by atoms with Gasteiger partial charge in [0.1, 0.15) is 5.84 Å². The van der Waals surface area contributed by atoms with Crippen molar-refractivity contribution in [2.24, 2.45) is 4.99 Å².